The van der Waals surface area contributed by atoms with Crippen LogP contribution < -0.4 is 27.0 Å². The van der Waals surface area contributed by atoms with Crippen LogP contribution in [0.15, 0.2) is 56.9 Å². The third-order valence-electron chi connectivity index (χ3n) is 15.8. The number of allylic oxidation sites excluding steroid dienone is 1. The molecule has 1 fully saturated rings. The second kappa shape index (κ2) is 25.6. The number of primary amides is 1. The molecule has 10 atom stereocenters. The highest BCUT2D eigenvalue weighted by Crippen LogP contribution is 2.43. The van der Waals surface area contributed by atoms with E-state index in [-0.39, 0.29) is 105 Å². The van der Waals surface area contributed by atoms with E-state index in [0.717, 1.165) is 56.7 Å². The highest BCUT2D eigenvalue weighted by Gasteiger charge is 2.50. The van der Waals surface area contributed by atoms with Gasteiger partial charge in [-0.3, -0.25) is 24.0 Å². The minimum Gasteiger partial charge on any atom is -0.506 e. The van der Waals surface area contributed by atoms with E-state index in [2.05, 4.69) is 36.2 Å². The Bertz CT molecular complexity index is 4360. The summed E-state index contributed by atoms with van der Waals surface area (Å²) in [6, 6.07) is 0.794. The number of carbonyl (C=O) groups excluding carboxylic acids is 7. The monoisotopic (exact) mass is 1370 g/mol. The number of rotatable bonds is 7. The summed E-state index contributed by atoms with van der Waals surface area (Å²) in [6.45, 7) is 4.33. The zero-order valence-electron chi connectivity index (χ0n) is 50.0. The van der Waals surface area contributed by atoms with Crippen LogP contribution in [0, 0.1) is 0 Å². The highest BCUT2D eigenvalue weighted by atomic mass is 32.1. The lowest BCUT2D eigenvalue weighted by Crippen LogP contribution is -2.62. The zero-order chi connectivity index (χ0) is 66.1. The standard InChI is InChI=1S/C58H57N13O17S5/c1-21(72)37-50(78)68-38(22(2)83-7)53-64-32(20-92-53)49(77)69-41-43-44(88-35-12-58(4,81)45(70(5)6)23(3)87-35)57(80)85-13-24-9-8-10-33-36(24)26(14-84-43)42(71(33)82)56(79)86-15-27(60-47(75)30-19-93-55(41)65-30)52-61-28(16-90-52)39-25(51-63-31(18-89-51)48(76)67-37)11-34(73)40(66-39)54-62-29(17-91-54)46(59)74/h8-11,16-21,23,27,35,37,41,43-45,72-73,81-82H,12-15H2,1-7H3,(H2,59,74)(H,60,75)(H,67,76)(H,68,78)(H,69,77)/b38-22-. The first-order valence-electron chi connectivity index (χ1n) is 28.4. The maximum absolute atomic E-state index is 15.1. The molecule has 8 aromatic rings. The molecule has 486 valence electrons. The summed E-state index contributed by atoms with van der Waals surface area (Å²) in [5.74, 6) is -7.07. The molecule has 7 aromatic heterocycles. The predicted octanol–water partition coefficient (Wildman–Crippen LogP) is 4.26. The molecule has 12 bridgehead atoms. The maximum atomic E-state index is 15.1. The van der Waals surface area contributed by atoms with Gasteiger partial charge in [0.2, 0.25) is 5.91 Å². The molecule has 30 nitrogen and oxygen atoms in total. The SMILES string of the molecule is CO/C(C)=C1\NC(=O)C(C(C)O)NC(=O)c2csc(n2)-c2cc(O)c(-c3nc(C(N)=O)cs3)nc2-c2csc(n2)C2COC(=O)c3c4c5c(cccc5n3O)COC(=O)C(OC3CC(C)(O)C(N(C)C)C(C)O3)C(OC4)C(NC(=O)c3csc1n3)c1nc(cs1)C(=O)N2. The Morgan fingerprint density at radius 2 is 1.51 bits per heavy atom. The lowest BCUT2D eigenvalue weighted by Gasteiger charge is -2.48. The largest absolute Gasteiger partial charge is 0.506 e. The number of cyclic esters (lactones) is 2. The van der Waals surface area contributed by atoms with E-state index in [1.54, 1.807) is 50.4 Å². The number of aromatic hydroxyl groups is 1. The average Bonchev–Trinajstić information content (AvgIpc) is 1.63. The van der Waals surface area contributed by atoms with Crippen molar-refractivity contribution in [3.63, 3.8) is 0 Å². The normalized spacial score (nSPS) is 24.8. The van der Waals surface area contributed by atoms with E-state index in [9.17, 15) is 44.5 Å². The Balaban J connectivity index is 1.05. The van der Waals surface area contributed by atoms with Crippen LogP contribution in [0.2, 0.25) is 0 Å². The molecule has 1 saturated heterocycles. The first-order chi connectivity index (χ1) is 44.4. The van der Waals surface area contributed by atoms with Gasteiger partial charge in [0, 0.05) is 49.8 Å². The molecule has 12 rings (SSSR count). The van der Waals surface area contributed by atoms with Crippen molar-refractivity contribution in [2.75, 3.05) is 27.8 Å². The van der Waals surface area contributed by atoms with E-state index < -0.39 is 133 Å². The Morgan fingerprint density at radius 1 is 0.839 bits per heavy atom. The van der Waals surface area contributed by atoms with Gasteiger partial charge in [-0.15, -0.1) is 56.7 Å². The number of pyridine rings is 1. The van der Waals surface area contributed by atoms with Crippen LogP contribution in [0.5, 0.6) is 5.75 Å². The molecule has 1 aromatic carbocycles. The molecule has 11 heterocycles. The van der Waals surface area contributed by atoms with Gasteiger partial charge in [0.05, 0.1) is 43.1 Å². The average molecular weight is 1370 g/mol. The summed E-state index contributed by atoms with van der Waals surface area (Å²) in [4.78, 5) is 130. The summed E-state index contributed by atoms with van der Waals surface area (Å²) in [5, 5.41) is 65.2. The van der Waals surface area contributed by atoms with E-state index >= 15 is 9.59 Å². The minimum atomic E-state index is -1.90. The van der Waals surface area contributed by atoms with Crippen molar-refractivity contribution >= 4 is 115 Å². The van der Waals surface area contributed by atoms with Gasteiger partial charge in [-0.1, -0.05) is 12.1 Å². The lowest BCUT2D eigenvalue weighted by molar-refractivity contribution is -0.280. The van der Waals surface area contributed by atoms with E-state index in [1.807, 2.05) is 0 Å². The van der Waals surface area contributed by atoms with Crippen LogP contribution >= 0.6 is 56.7 Å². The van der Waals surface area contributed by atoms with Gasteiger partial charge in [-0.25, -0.2) is 39.5 Å². The van der Waals surface area contributed by atoms with Crippen molar-refractivity contribution in [1.29, 1.82) is 0 Å². The molecule has 5 amide bonds. The number of esters is 2. The number of aliphatic hydroxyl groups excluding tert-OH is 1. The second-order valence-corrected chi connectivity index (χ2v) is 26.7. The van der Waals surface area contributed by atoms with Crippen LogP contribution in [0.1, 0.15) is 125 Å². The topological polar surface area (TPSA) is 415 Å². The quantitative estimate of drug-likeness (QED) is 0.0611. The fraction of sp³-hybridized carbons (Fsp3) is 0.362. The number of aromatic nitrogens is 7. The van der Waals surface area contributed by atoms with Gasteiger partial charge in [0.1, 0.15) is 120 Å². The Morgan fingerprint density at radius 3 is 2.22 bits per heavy atom. The first-order valence-corrected chi connectivity index (χ1v) is 32.8. The molecule has 0 spiro atoms. The molecule has 0 saturated carbocycles. The molecule has 4 aliphatic heterocycles. The second-order valence-electron chi connectivity index (χ2n) is 22.4. The number of ether oxygens (including phenoxy) is 6. The zero-order valence-corrected chi connectivity index (χ0v) is 54.1. The number of likely N-dealkylation sites (N-methyl/N-ethyl adjacent to an activating group) is 1. The lowest BCUT2D eigenvalue weighted by atomic mass is 9.85. The molecule has 0 radical (unpaired) electrons. The maximum Gasteiger partial charge on any atom is 0.358 e. The number of carbonyl (C=O) groups is 7. The van der Waals surface area contributed by atoms with E-state index in [1.165, 1.54) is 54.6 Å². The number of thiazole rings is 5. The number of benzene rings is 1. The molecular formula is C58H57N13O17S5. The van der Waals surface area contributed by atoms with Crippen molar-refractivity contribution in [1.82, 2.24) is 60.8 Å². The van der Waals surface area contributed by atoms with E-state index in [4.69, 9.17) is 49.1 Å². The van der Waals surface area contributed by atoms with Gasteiger partial charge in [-0.05, 0) is 59.5 Å². The number of nitrogens with zero attached hydrogens (tertiary/aromatic N) is 8. The number of hydrogen-bond donors (Lipinski definition) is 9. The molecule has 10 unspecified atom stereocenters. The molecule has 0 aliphatic carbocycles. The number of methoxy groups -OCH3 is 1. The Kier molecular flexibility index (Phi) is 17.7. The van der Waals surface area contributed by atoms with Crippen molar-refractivity contribution in [3.8, 4) is 38.4 Å². The molecule has 93 heavy (non-hydrogen) atoms. The van der Waals surface area contributed by atoms with Gasteiger partial charge >= 0.3 is 11.9 Å². The van der Waals surface area contributed by atoms with Gasteiger partial charge in [0.25, 0.3) is 23.6 Å². The summed E-state index contributed by atoms with van der Waals surface area (Å²) < 4.78 is 38.2. The summed E-state index contributed by atoms with van der Waals surface area (Å²) in [7, 11) is 4.86. The molecule has 35 heteroatoms. The number of aliphatic hydroxyl groups is 2. The number of nitrogens with one attached hydrogen (secondary N) is 4. The highest BCUT2D eigenvalue weighted by molar-refractivity contribution is 7.14. The van der Waals surface area contributed by atoms with Crippen molar-refractivity contribution in [2.24, 2.45) is 5.73 Å². The molecule has 10 N–H and O–H groups in total. The first kappa shape index (κ1) is 64.4. The molecule has 4 aliphatic rings. The van der Waals surface area contributed by atoms with Crippen LogP contribution in [-0.2, 0) is 51.2 Å². The van der Waals surface area contributed by atoms with Crippen LogP contribution in [0.3, 0.4) is 0 Å². The van der Waals surface area contributed by atoms with Gasteiger partial charge < -0.3 is 80.8 Å². The third-order valence-corrected chi connectivity index (χ3v) is 20.2. The number of amides is 5. The third kappa shape index (κ3) is 12.4. The smallest absolute Gasteiger partial charge is 0.358 e. The number of nitrogens with two attached hydrogens (primary N) is 1. The van der Waals surface area contributed by atoms with Crippen LogP contribution in [-0.4, -0.2) is 178 Å². The van der Waals surface area contributed by atoms with Gasteiger partial charge in [0.15, 0.2) is 18.1 Å². The fourth-order valence-electron chi connectivity index (χ4n) is 11.5. The van der Waals surface area contributed by atoms with Crippen molar-refractivity contribution in [2.45, 2.75) is 108 Å². The van der Waals surface area contributed by atoms with E-state index in [0.29, 0.717) is 10.3 Å². The summed E-state index contributed by atoms with van der Waals surface area (Å²) >= 11 is 4.62. The van der Waals surface area contributed by atoms with Crippen LogP contribution in [0.4, 0.5) is 0 Å². The van der Waals surface area contributed by atoms with Crippen LogP contribution in [0.25, 0.3) is 49.3 Å². The van der Waals surface area contributed by atoms with Crippen molar-refractivity contribution in [3.05, 3.63) is 112 Å². The fourth-order valence-corrected chi connectivity index (χ4v) is 15.7. The molecular weight excluding hydrogens is 1310 g/mol. The predicted molar refractivity (Wildman–Crippen MR) is 333 cm³/mol. The van der Waals surface area contributed by atoms with Crippen molar-refractivity contribution < 1.29 is 82.5 Å². The minimum absolute atomic E-state index is 0.00497. The summed E-state index contributed by atoms with van der Waals surface area (Å²) in [5.41, 5.74) is 3.15. The summed E-state index contributed by atoms with van der Waals surface area (Å²) in [6.07, 6.45) is -7.46. The number of fused-ring (bicyclic) bond motifs is 15. The Labute approximate surface area is 546 Å². The number of hydrogen-bond acceptors (Lipinski definition) is 29. The van der Waals surface area contributed by atoms with Gasteiger partial charge in [-0.2, -0.15) is 4.73 Å². The Hall–Kier alpha value is -8.75.